The first-order valence-electron chi connectivity index (χ1n) is 5.86. The van der Waals surface area contributed by atoms with Gasteiger partial charge in [-0.25, -0.2) is 0 Å². The van der Waals surface area contributed by atoms with Crippen LogP contribution in [0, 0.1) is 0 Å². The van der Waals surface area contributed by atoms with Crippen LogP contribution in [0.4, 0.5) is 0 Å². The highest BCUT2D eigenvalue weighted by atomic mass is 16.4. The molecule has 0 aromatic heterocycles. The molecule has 1 aromatic carbocycles. The van der Waals surface area contributed by atoms with Crippen LogP contribution in [0.1, 0.15) is 44.2 Å². The van der Waals surface area contributed by atoms with E-state index < -0.39 is 11.4 Å². The number of hydrogen-bond acceptors (Lipinski definition) is 2. The van der Waals surface area contributed by atoms with Crippen LogP contribution >= 0.6 is 0 Å². The summed E-state index contributed by atoms with van der Waals surface area (Å²) < 4.78 is 0. The number of aliphatic carboxylic acids is 1. The molecule has 0 saturated carbocycles. The lowest BCUT2D eigenvalue weighted by Crippen LogP contribution is -2.33. The first kappa shape index (κ1) is 13.7. The summed E-state index contributed by atoms with van der Waals surface area (Å²) >= 11 is 0. The summed E-state index contributed by atoms with van der Waals surface area (Å²) in [5.74, 6) is -0.471. The molecule has 0 aliphatic rings. The molecule has 0 aliphatic heterocycles. The van der Waals surface area contributed by atoms with E-state index in [-0.39, 0.29) is 13.0 Å². The van der Waals surface area contributed by atoms with E-state index in [1.807, 2.05) is 24.3 Å². The Bertz CT molecular complexity index is 381. The molecule has 1 unspecified atom stereocenters. The van der Waals surface area contributed by atoms with Gasteiger partial charge in [-0.05, 0) is 30.4 Å². The van der Waals surface area contributed by atoms with Crippen LogP contribution in [0.5, 0.6) is 0 Å². The van der Waals surface area contributed by atoms with Gasteiger partial charge >= 0.3 is 5.97 Å². The predicted octanol–water partition coefficient (Wildman–Crippen LogP) is 2.53. The van der Waals surface area contributed by atoms with Gasteiger partial charge in [-0.15, -0.1) is 0 Å². The van der Waals surface area contributed by atoms with Crippen molar-refractivity contribution in [2.24, 2.45) is 0 Å². The Morgan fingerprint density at radius 2 is 1.82 bits per heavy atom. The summed E-state index contributed by atoms with van der Waals surface area (Å²) in [7, 11) is 0. The van der Waals surface area contributed by atoms with Gasteiger partial charge in [-0.3, -0.25) is 4.79 Å². The summed E-state index contributed by atoms with van der Waals surface area (Å²) in [5.41, 5.74) is 0.915. The highest BCUT2D eigenvalue weighted by Gasteiger charge is 2.34. The van der Waals surface area contributed by atoms with E-state index in [9.17, 15) is 9.90 Å². The van der Waals surface area contributed by atoms with Gasteiger partial charge in [0.25, 0.3) is 0 Å². The molecule has 0 amide bonds. The van der Waals surface area contributed by atoms with Gasteiger partial charge in [-0.1, -0.05) is 38.1 Å². The maximum atomic E-state index is 11.3. The van der Waals surface area contributed by atoms with Crippen molar-refractivity contribution in [3.8, 4) is 0 Å². The first-order chi connectivity index (χ1) is 7.91. The van der Waals surface area contributed by atoms with Crippen LogP contribution in [0.2, 0.25) is 0 Å². The van der Waals surface area contributed by atoms with E-state index in [1.54, 1.807) is 6.92 Å². The van der Waals surface area contributed by atoms with Crippen LogP contribution in [0.25, 0.3) is 0 Å². The zero-order valence-corrected chi connectivity index (χ0v) is 10.6. The number of aliphatic hydroxyl groups excluding tert-OH is 1. The molecule has 0 fully saturated rings. The van der Waals surface area contributed by atoms with Crippen molar-refractivity contribution in [1.82, 2.24) is 0 Å². The summed E-state index contributed by atoms with van der Waals surface area (Å²) in [6, 6.07) is 7.61. The van der Waals surface area contributed by atoms with Crippen molar-refractivity contribution in [2.45, 2.75) is 38.5 Å². The van der Waals surface area contributed by atoms with E-state index in [1.165, 1.54) is 5.56 Å². The van der Waals surface area contributed by atoms with E-state index in [0.717, 1.165) is 5.56 Å². The number of carboxylic acids is 1. The van der Waals surface area contributed by atoms with Crippen molar-refractivity contribution in [2.75, 3.05) is 6.61 Å². The average molecular weight is 236 g/mol. The Kier molecular flexibility index (Phi) is 4.29. The van der Waals surface area contributed by atoms with Crippen LogP contribution in [0.3, 0.4) is 0 Å². The van der Waals surface area contributed by atoms with E-state index >= 15 is 0 Å². The van der Waals surface area contributed by atoms with Gasteiger partial charge in [-0.2, -0.15) is 0 Å². The number of carboxylic acid groups (broad SMARTS) is 1. The van der Waals surface area contributed by atoms with Crippen LogP contribution in [-0.4, -0.2) is 22.8 Å². The molecular weight excluding hydrogens is 216 g/mol. The molecule has 0 aliphatic carbocycles. The highest BCUT2D eigenvalue weighted by molar-refractivity contribution is 5.80. The fraction of sp³-hybridized carbons (Fsp3) is 0.500. The Hall–Kier alpha value is -1.35. The molecule has 3 nitrogen and oxygen atoms in total. The van der Waals surface area contributed by atoms with Crippen LogP contribution < -0.4 is 0 Å². The molecule has 0 saturated heterocycles. The molecule has 0 bridgehead atoms. The van der Waals surface area contributed by atoms with E-state index in [4.69, 9.17) is 5.11 Å². The average Bonchev–Trinajstić information content (AvgIpc) is 2.29. The maximum Gasteiger partial charge on any atom is 0.313 e. The fourth-order valence-electron chi connectivity index (χ4n) is 1.83. The minimum atomic E-state index is -1.01. The van der Waals surface area contributed by atoms with Crippen molar-refractivity contribution in [3.05, 3.63) is 35.4 Å². The predicted molar refractivity (Wildman–Crippen MR) is 67.2 cm³/mol. The van der Waals surface area contributed by atoms with Crippen molar-refractivity contribution in [3.63, 3.8) is 0 Å². The largest absolute Gasteiger partial charge is 0.481 e. The lowest BCUT2D eigenvalue weighted by atomic mass is 9.79. The Morgan fingerprint density at radius 1 is 1.29 bits per heavy atom. The van der Waals surface area contributed by atoms with E-state index in [2.05, 4.69) is 13.8 Å². The van der Waals surface area contributed by atoms with Gasteiger partial charge in [0.15, 0.2) is 0 Å². The minimum absolute atomic E-state index is 0.130. The number of hydrogen-bond donors (Lipinski definition) is 2. The number of aliphatic hydroxyl groups is 1. The lowest BCUT2D eigenvalue weighted by molar-refractivity contribution is -0.143. The third-order valence-electron chi connectivity index (χ3n) is 3.30. The second-order valence-electron chi connectivity index (χ2n) is 4.89. The second-order valence-corrected chi connectivity index (χ2v) is 4.89. The van der Waals surface area contributed by atoms with Crippen molar-refractivity contribution in [1.29, 1.82) is 0 Å². The summed E-state index contributed by atoms with van der Waals surface area (Å²) in [5, 5.41) is 18.3. The minimum Gasteiger partial charge on any atom is -0.481 e. The topological polar surface area (TPSA) is 57.5 Å². The molecule has 2 N–H and O–H groups in total. The molecule has 1 atom stereocenters. The molecule has 1 rings (SSSR count). The zero-order valence-electron chi connectivity index (χ0n) is 10.6. The zero-order chi connectivity index (χ0) is 13.1. The molecule has 0 radical (unpaired) electrons. The van der Waals surface area contributed by atoms with Gasteiger partial charge < -0.3 is 10.2 Å². The molecule has 0 heterocycles. The normalized spacial score (nSPS) is 14.6. The third-order valence-corrected chi connectivity index (χ3v) is 3.30. The van der Waals surface area contributed by atoms with Crippen molar-refractivity contribution < 1.29 is 15.0 Å². The Morgan fingerprint density at radius 3 is 2.18 bits per heavy atom. The maximum absolute atomic E-state index is 11.3. The lowest BCUT2D eigenvalue weighted by Gasteiger charge is -2.24. The molecular formula is C14H20O3. The quantitative estimate of drug-likeness (QED) is 0.826. The van der Waals surface area contributed by atoms with Gasteiger partial charge in [0.1, 0.15) is 0 Å². The SMILES string of the molecule is CC(C)c1ccc(C(C)(CCO)C(=O)O)cc1. The molecule has 94 valence electrons. The molecule has 3 heteroatoms. The Balaban J connectivity index is 3.08. The monoisotopic (exact) mass is 236 g/mol. The number of carbonyl (C=O) groups is 1. The van der Waals surface area contributed by atoms with E-state index in [0.29, 0.717) is 5.92 Å². The third kappa shape index (κ3) is 2.86. The summed E-state index contributed by atoms with van der Waals surface area (Å²) in [6.45, 7) is 5.71. The molecule has 0 spiro atoms. The smallest absolute Gasteiger partial charge is 0.313 e. The van der Waals surface area contributed by atoms with Crippen LogP contribution in [0.15, 0.2) is 24.3 Å². The Labute approximate surface area is 102 Å². The highest BCUT2D eigenvalue weighted by Crippen LogP contribution is 2.29. The van der Waals surface area contributed by atoms with Crippen LogP contribution in [-0.2, 0) is 10.2 Å². The van der Waals surface area contributed by atoms with Gasteiger partial charge in [0.05, 0.1) is 5.41 Å². The van der Waals surface area contributed by atoms with Gasteiger partial charge in [0, 0.05) is 6.61 Å². The second kappa shape index (κ2) is 5.32. The van der Waals surface area contributed by atoms with Gasteiger partial charge in [0.2, 0.25) is 0 Å². The molecule has 1 aromatic rings. The summed E-state index contributed by atoms with van der Waals surface area (Å²) in [6.07, 6.45) is 0.226. The van der Waals surface area contributed by atoms with Crippen molar-refractivity contribution >= 4 is 5.97 Å². The standard InChI is InChI=1S/C14H20O3/c1-10(2)11-4-6-12(7-5-11)14(3,8-9-15)13(16)17/h4-7,10,15H,8-9H2,1-3H3,(H,16,17). The summed E-state index contributed by atoms with van der Waals surface area (Å²) in [4.78, 5) is 11.3. The fourth-order valence-corrected chi connectivity index (χ4v) is 1.83. The number of benzene rings is 1. The number of rotatable bonds is 5. The molecule has 17 heavy (non-hydrogen) atoms. The first-order valence-corrected chi connectivity index (χ1v) is 5.86.